The van der Waals surface area contributed by atoms with Crippen molar-refractivity contribution in [2.45, 2.75) is 58.2 Å². The Morgan fingerprint density at radius 3 is 2.88 bits per heavy atom. The average Bonchev–Trinajstić information content (AvgIpc) is 2.79. The van der Waals surface area contributed by atoms with Gasteiger partial charge in [-0.05, 0) is 32.2 Å². The number of rotatable bonds is 9. The van der Waals surface area contributed by atoms with Crippen molar-refractivity contribution in [3.8, 4) is 0 Å². The molecule has 1 rings (SSSR count). The molecule has 0 aliphatic carbocycles. The van der Waals surface area contributed by atoms with Crippen LogP contribution in [0, 0.1) is 0 Å². The highest BCUT2D eigenvalue weighted by Crippen LogP contribution is 2.13. The fraction of sp³-hybridized carbons (Fsp3) is 1.00. The van der Waals surface area contributed by atoms with E-state index in [9.17, 15) is 0 Å². The highest BCUT2D eigenvalue weighted by Gasteiger charge is 2.17. The molecule has 0 amide bonds. The van der Waals surface area contributed by atoms with Crippen LogP contribution in [0.2, 0.25) is 0 Å². The minimum Gasteiger partial charge on any atom is -0.376 e. The highest BCUT2D eigenvalue weighted by atomic mass is 16.5. The predicted octanol–water partition coefficient (Wildman–Crippen LogP) is 2.35. The van der Waals surface area contributed by atoms with Gasteiger partial charge in [0.05, 0.1) is 18.8 Å². The Kier molecular flexibility index (Phi) is 7.81. The molecule has 1 fully saturated rings. The Balaban J connectivity index is 2.10. The summed E-state index contributed by atoms with van der Waals surface area (Å²) in [6, 6.07) is 0. The van der Waals surface area contributed by atoms with Crippen LogP contribution in [0.3, 0.4) is 0 Å². The molecular weight excluding hydrogens is 202 g/mol. The first-order chi connectivity index (χ1) is 7.86. The van der Waals surface area contributed by atoms with Crippen molar-refractivity contribution in [3.05, 3.63) is 0 Å². The van der Waals surface area contributed by atoms with Crippen LogP contribution in [-0.4, -0.2) is 38.5 Å². The van der Waals surface area contributed by atoms with E-state index in [1.54, 1.807) is 0 Å². The molecule has 3 heteroatoms. The maximum Gasteiger partial charge on any atom is 0.0809 e. The van der Waals surface area contributed by atoms with Crippen molar-refractivity contribution in [3.63, 3.8) is 0 Å². The van der Waals surface area contributed by atoms with E-state index in [0.29, 0.717) is 12.2 Å². The Bertz CT molecular complexity index is 158. The Labute approximate surface area is 99.9 Å². The number of nitrogens with one attached hydrogen (secondary N) is 1. The van der Waals surface area contributed by atoms with Crippen LogP contribution in [0.5, 0.6) is 0 Å². The second kappa shape index (κ2) is 8.97. The smallest absolute Gasteiger partial charge is 0.0809 e. The van der Waals surface area contributed by atoms with Crippen LogP contribution in [0.15, 0.2) is 0 Å². The van der Waals surface area contributed by atoms with Crippen molar-refractivity contribution in [1.29, 1.82) is 0 Å². The van der Waals surface area contributed by atoms with Gasteiger partial charge in [-0.25, -0.2) is 0 Å². The zero-order valence-corrected chi connectivity index (χ0v) is 10.8. The normalized spacial score (nSPS) is 22.5. The van der Waals surface area contributed by atoms with Gasteiger partial charge in [-0.15, -0.1) is 0 Å². The summed E-state index contributed by atoms with van der Waals surface area (Å²) in [5.41, 5.74) is 0. The summed E-state index contributed by atoms with van der Waals surface area (Å²) in [7, 11) is 0. The van der Waals surface area contributed by atoms with E-state index in [1.807, 2.05) is 0 Å². The maximum atomic E-state index is 5.93. The minimum absolute atomic E-state index is 0.352. The van der Waals surface area contributed by atoms with E-state index in [4.69, 9.17) is 9.47 Å². The van der Waals surface area contributed by atoms with Gasteiger partial charge >= 0.3 is 0 Å². The quantitative estimate of drug-likeness (QED) is 0.616. The first-order valence-electron chi connectivity index (χ1n) is 6.80. The number of hydrogen-bond acceptors (Lipinski definition) is 3. The van der Waals surface area contributed by atoms with E-state index in [0.717, 1.165) is 32.7 Å². The third-order valence-corrected chi connectivity index (χ3v) is 2.95. The van der Waals surface area contributed by atoms with Crippen LogP contribution >= 0.6 is 0 Å². The zero-order chi connectivity index (χ0) is 11.6. The van der Waals surface area contributed by atoms with Crippen molar-refractivity contribution >= 4 is 0 Å². The molecular formula is C13H27NO2. The molecule has 1 saturated heterocycles. The molecule has 16 heavy (non-hydrogen) atoms. The summed E-state index contributed by atoms with van der Waals surface area (Å²) in [5, 5.41) is 3.43. The van der Waals surface area contributed by atoms with E-state index in [-0.39, 0.29) is 0 Å². The highest BCUT2D eigenvalue weighted by molar-refractivity contribution is 4.67. The lowest BCUT2D eigenvalue weighted by atomic mass is 10.2. The average molecular weight is 229 g/mol. The van der Waals surface area contributed by atoms with Crippen LogP contribution in [0.1, 0.15) is 46.0 Å². The van der Waals surface area contributed by atoms with Gasteiger partial charge in [0.25, 0.3) is 0 Å². The molecule has 0 bridgehead atoms. The van der Waals surface area contributed by atoms with Gasteiger partial charge in [-0.1, -0.05) is 20.3 Å². The molecule has 0 spiro atoms. The number of hydrogen-bond donors (Lipinski definition) is 1. The maximum absolute atomic E-state index is 5.93. The van der Waals surface area contributed by atoms with Crippen molar-refractivity contribution < 1.29 is 9.47 Å². The molecule has 0 aromatic rings. The summed E-state index contributed by atoms with van der Waals surface area (Å²) in [5.74, 6) is 0. The standard InChI is InChI=1S/C13H27NO2/c1-3-6-12(10-14-8-4-2)16-11-13-7-5-9-15-13/h12-14H,3-11H2,1-2H3. The molecule has 0 radical (unpaired) electrons. The summed E-state index contributed by atoms with van der Waals surface area (Å²) < 4.78 is 11.5. The van der Waals surface area contributed by atoms with Crippen molar-refractivity contribution in [1.82, 2.24) is 5.32 Å². The summed E-state index contributed by atoms with van der Waals surface area (Å²) in [6.45, 7) is 8.16. The van der Waals surface area contributed by atoms with E-state index in [2.05, 4.69) is 19.2 Å². The van der Waals surface area contributed by atoms with Crippen LogP contribution in [0.25, 0.3) is 0 Å². The molecule has 1 aliphatic rings. The molecule has 1 N–H and O–H groups in total. The molecule has 96 valence electrons. The van der Waals surface area contributed by atoms with Gasteiger partial charge < -0.3 is 14.8 Å². The fourth-order valence-electron chi connectivity index (χ4n) is 2.03. The summed E-state index contributed by atoms with van der Waals surface area (Å²) in [4.78, 5) is 0. The van der Waals surface area contributed by atoms with Crippen LogP contribution < -0.4 is 5.32 Å². The summed E-state index contributed by atoms with van der Waals surface area (Å²) >= 11 is 0. The van der Waals surface area contributed by atoms with Gasteiger partial charge in [0.1, 0.15) is 0 Å². The molecule has 0 aromatic heterocycles. The Morgan fingerprint density at radius 1 is 1.38 bits per heavy atom. The van der Waals surface area contributed by atoms with E-state index >= 15 is 0 Å². The Hall–Kier alpha value is -0.120. The third kappa shape index (κ3) is 5.83. The molecule has 2 atom stereocenters. The SMILES string of the molecule is CCCNCC(CCC)OCC1CCCO1. The van der Waals surface area contributed by atoms with Crippen LogP contribution in [0.4, 0.5) is 0 Å². The molecule has 1 heterocycles. The van der Waals surface area contributed by atoms with Crippen molar-refractivity contribution in [2.75, 3.05) is 26.3 Å². The molecule has 3 nitrogen and oxygen atoms in total. The molecule has 0 saturated carbocycles. The Morgan fingerprint density at radius 2 is 2.25 bits per heavy atom. The second-order valence-electron chi connectivity index (χ2n) is 4.58. The minimum atomic E-state index is 0.352. The lowest BCUT2D eigenvalue weighted by Crippen LogP contribution is -2.32. The van der Waals surface area contributed by atoms with Crippen LogP contribution in [-0.2, 0) is 9.47 Å². The largest absolute Gasteiger partial charge is 0.376 e. The van der Waals surface area contributed by atoms with E-state index in [1.165, 1.54) is 25.7 Å². The molecule has 0 aromatic carbocycles. The van der Waals surface area contributed by atoms with Gasteiger partial charge in [-0.3, -0.25) is 0 Å². The lowest BCUT2D eigenvalue weighted by Gasteiger charge is -2.20. The summed E-state index contributed by atoms with van der Waals surface area (Å²) in [6.07, 6.45) is 6.59. The van der Waals surface area contributed by atoms with E-state index < -0.39 is 0 Å². The van der Waals surface area contributed by atoms with Gasteiger partial charge in [0.15, 0.2) is 0 Å². The zero-order valence-electron chi connectivity index (χ0n) is 10.8. The predicted molar refractivity (Wildman–Crippen MR) is 66.8 cm³/mol. The monoisotopic (exact) mass is 229 g/mol. The molecule has 2 unspecified atom stereocenters. The topological polar surface area (TPSA) is 30.5 Å². The molecule has 1 aliphatic heterocycles. The van der Waals surface area contributed by atoms with Gasteiger partial charge in [0.2, 0.25) is 0 Å². The third-order valence-electron chi connectivity index (χ3n) is 2.95. The number of ether oxygens (including phenoxy) is 2. The fourth-order valence-corrected chi connectivity index (χ4v) is 2.03. The first kappa shape index (κ1) is 13.9. The lowest BCUT2D eigenvalue weighted by molar-refractivity contribution is -0.0226. The van der Waals surface area contributed by atoms with Gasteiger partial charge in [-0.2, -0.15) is 0 Å². The second-order valence-corrected chi connectivity index (χ2v) is 4.58. The first-order valence-corrected chi connectivity index (χ1v) is 6.80. The van der Waals surface area contributed by atoms with Crippen molar-refractivity contribution in [2.24, 2.45) is 0 Å². The van der Waals surface area contributed by atoms with Gasteiger partial charge in [0, 0.05) is 13.2 Å².